The van der Waals surface area contributed by atoms with E-state index >= 15 is 0 Å². The Kier molecular flexibility index (Phi) is 6.70. The molecule has 1 aliphatic rings. The molecule has 0 saturated carbocycles. The zero-order valence-electron chi connectivity index (χ0n) is 13.2. The Morgan fingerprint density at radius 1 is 1.50 bits per heavy atom. The van der Waals surface area contributed by atoms with E-state index in [-0.39, 0.29) is 34.1 Å². The van der Waals surface area contributed by atoms with Crippen molar-refractivity contribution < 1.29 is 13.2 Å². The maximum atomic E-state index is 12.2. The van der Waals surface area contributed by atoms with Crippen molar-refractivity contribution in [2.45, 2.75) is 17.9 Å². The van der Waals surface area contributed by atoms with Crippen molar-refractivity contribution in [2.24, 2.45) is 10.7 Å². The number of nitrogens with zero attached hydrogens (tertiary/aromatic N) is 2. The number of hydrogen-bond donors (Lipinski definition) is 2. The van der Waals surface area contributed by atoms with E-state index in [0.717, 1.165) is 0 Å². The molecule has 24 heavy (non-hydrogen) atoms. The highest BCUT2D eigenvalue weighted by Gasteiger charge is 2.20. The van der Waals surface area contributed by atoms with Crippen molar-refractivity contribution in [1.29, 1.82) is 0 Å². The Bertz CT molecular complexity index is 712. The first kappa shape index (κ1) is 19.3. The third kappa shape index (κ3) is 4.97. The van der Waals surface area contributed by atoms with Crippen LogP contribution in [0.3, 0.4) is 0 Å². The van der Waals surface area contributed by atoms with Crippen LogP contribution >= 0.6 is 23.2 Å². The lowest BCUT2D eigenvalue weighted by atomic mass is 10.3. The molecule has 0 aliphatic carbocycles. The molecule has 0 spiro atoms. The monoisotopic (exact) mass is 394 g/mol. The minimum atomic E-state index is -3.76. The zero-order chi connectivity index (χ0) is 17.7. The smallest absolute Gasteiger partial charge is 0.242 e. The normalized spacial score (nSPS) is 19.5. The standard InChI is InChI=1S/C14H20Cl2N4O3S/c1-10-9-20(7-8-23-10)14(17)18-5-6-19-24(21,22)12-4-2-3-11(15)13(12)16/h2-4,10,19H,5-9H2,1H3,(H2,17,18). The molecule has 1 saturated heterocycles. The third-order valence-electron chi connectivity index (χ3n) is 3.45. The summed E-state index contributed by atoms with van der Waals surface area (Å²) < 4.78 is 32.3. The summed E-state index contributed by atoms with van der Waals surface area (Å²) in [5.74, 6) is 0.380. The van der Waals surface area contributed by atoms with Crippen LogP contribution in [0.1, 0.15) is 6.92 Å². The van der Waals surface area contributed by atoms with Crippen molar-refractivity contribution in [3.63, 3.8) is 0 Å². The molecule has 1 aromatic rings. The second-order valence-corrected chi connectivity index (χ2v) is 7.84. The molecular weight excluding hydrogens is 375 g/mol. The first-order valence-corrected chi connectivity index (χ1v) is 9.65. The average Bonchev–Trinajstić information content (AvgIpc) is 2.53. The molecule has 7 nitrogen and oxygen atoms in total. The van der Waals surface area contributed by atoms with Gasteiger partial charge >= 0.3 is 0 Å². The summed E-state index contributed by atoms with van der Waals surface area (Å²) in [5, 5.41) is 0.181. The molecule has 0 radical (unpaired) electrons. The van der Waals surface area contributed by atoms with Crippen molar-refractivity contribution in [3.05, 3.63) is 28.2 Å². The van der Waals surface area contributed by atoms with Crippen LogP contribution in [-0.2, 0) is 14.8 Å². The molecule has 0 amide bonds. The van der Waals surface area contributed by atoms with Gasteiger partial charge in [0.05, 0.1) is 29.3 Å². The lowest BCUT2D eigenvalue weighted by Crippen LogP contribution is -2.48. The molecule has 1 unspecified atom stereocenters. The first-order valence-electron chi connectivity index (χ1n) is 7.41. The molecular formula is C14H20Cl2N4O3S. The summed E-state index contributed by atoms with van der Waals surface area (Å²) in [7, 11) is -3.76. The Morgan fingerprint density at radius 3 is 2.96 bits per heavy atom. The Morgan fingerprint density at radius 2 is 2.25 bits per heavy atom. The molecule has 1 fully saturated rings. The van der Waals surface area contributed by atoms with Crippen molar-refractivity contribution in [1.82, 2.24) is 9.62 Å². The molecule has 1 atom stereocenters. The lowest BCUT2D eigenvalue weighted by molar-refractivity contribution is 0.00530. The molecule has 10 heteroatoms. The number of halogens is 2. The number of sulfonamides is 1. The van der Waals surface area contributed by atoms with E-state index in [2.05, 4.69) is 9.71 Å². The van der Waals surface area contributed by atoms with Gasteiger partial charge in [-0.15, -0.1) is 0 Å². The fourth-order valence-electron chi connectivity index (χ4n) is 2.25. The van der Waals surface area contributed by atoms with Gasteiger partial charge in [-0.25, -0.2) is 13.1 Å². The van der Waals surface area contributed by atoms with E-state index in [1.165, 1.54) is 18.2 Å². The molecule has 0 bridgehead atoms. The van der Waals surface area contributed by atoms with Crippen LogP contribution in [0, 0.1) is 0 Å². The highest BCUT2D eigenvalue weighted by atomic mass is 35.5. The number of hydrogen-bond acceptors (Lipinski definition) is 4. The van der Waals surface area contributed by atoms with Crippen LogP contribution in [0.15, 0.2) is 28.1 Å². The van der Waals surface area contributed by atoms with E-state index < -0.39 is 10.0 Å². The Hall–Kier alpha value is -1.06. The number of nitrogens with one attached hydrogen (secondary N) is 1. The number of aliphatic imine (C=N–C) groups is 1. The fourth-order valence-corrected chi connectivity index (χ4v) is 4.03. The summed E-state index contributed by atoms with van der Waals surface area (Å²) in [4.78, 5) is 6.05. The van der Waals surface area contributed by atoms with Crippen LogP contribution in [0.25, 0.3) is 0 Å². The van der Waals surface area contributed by atoms with Crippen molar-refractivity contribution >= 4 is 39.2 Å². The molecule has 1 aliphatic heterocycles. The van der Waals surface area contributed by atoms with E-state index in [9.17, 15) is 8.42 Å². The maximum Gasteiger partial charge on any atom is 0.242 e. The van der Waals surface area contributed by atoms with Crippen molar-refractivity contribution in [3.8, 4) is 0 Å². The number of guanidine groups is 1. The molecule has 2 rings (SSSR count). The third-order valence-corrected chi connectivity index (χ3v) is 5.88. The SMILES string of the molecule is CC1CN(C(N)=NCCNS(=O)(=O)c2cccc(Cl)c2Cl)CCO1. The van der Waals surface area contributed by atoms with Crippen LogP contribution in [0.5, 0.6) is 0 Å². The maximum absolute atomic E-state index is 12.2. The summed E-state index contributed by atoms with van der Waals surface area (Å²) in [6.45, 7) is 4.21. The van der Waals surface area contributed by atoms with Gasteiger partial charge in [-0.3, -0.25) is 4.99 Å². The quantitative estimate of drug-likeness (QED) is 0.445. The minimum absolute atomic E-state index is 0.00279. The van der Waals surface area contributed by atoms with Gasteiger partial charge in [0.1, 0.15) is 4.90 Å². The van der Waals surface area contributed by atoms with Gasteiger partial charge in [-0.2, -0.15) is 0 Å². The van der Waals surface area contributed by atoms with Gasteiger partial charge in [0.15, 0.2) is 5.96 Å². The molecule has 1 heterocycles. The summed E-state index contributed by atoms with van der Waals surface area (Å²) in [6, 6.07) is 4.44. The van der Waals surface area contributed by atoms with Gasteiger partial charge in [0.2, 0.25) is 10.0 Å². The first-order chi connectivity index (χ1) is 11.3. The largest absolute Gasteiger partial charge is 0.375 e. The topological polar surface area (TPSA) is 97.0 Å². The van der Waals surface area contributed by atoms with Crippen molar-refractivity contribution in [2.75, 3.05) is 32.8 Å². The van der Waals surface area contributed by atoms with Crippen LogP contribution < -0.4 is 10.5 Å². The zero-order valence-corrected chi connectivity index (χ0v) is 15.5. The van der Waals surface area contributed by atoms with E-state index in [1.807, 2.05) is 11.8 Å². The molecule has 1 aromatic carbocycles. The van der Waals surface area contributed by atoms with E-state index in [0.29, 0.717) is 25.7 Å². The number of rotatable bonds is 5. The minimum Gasteiger partial charge on any atom is -0.375 e. The summed E-state index contributed by atoms with van der Waals surface area (Å²) in [5.41, 5.74) is 5.92. The highest BCUT2D eigenvalue weighted by Crippen LogP contribution is 2.28. The van der Waals surface area contributed by atoms with Crippen LogP contribution in [0.2, 0.25) is 10.0 Å². The number of morpholine rings is 1. The second-order valence-electron chi connectivity index (χ2n) is 5.32. The van der Waals surface area contributed by atoms with E-state index in [1.54, 1.807) is 0 Å². The fraction of sp³-hybridized carbons (Fsp3) is 0.500. The Balaban J connectivity index is 1.91. The second kappa shape index (κ2) is 8.35. The highest BCUT2D eigenvalue weighted by molar-refractivity contribution is 7.89. The van der Waals surface area contributed by atoms with Gasteiger partial charge in [0, 0.05) is 19.6 Å². The molecule has 0 aromatic heterocycles. The number of benzene rings is 1. The predicted octanol–water partition coefficient (Wildman–Crippen LogP) is 1.31. The van der Waals surface area contributed by atoms with E-state index in [4.69, 9.17) is 33.7 Å². The summed E-state index contributed by atoms with van der Waals surface area (Å²) >= 11 is 11.8. The lowest BCUT2D eigenvalue weighted by Gasteiger charge is -2.31. The van der Waals surface area contributed by atoms with Gasteiger partial charge in [-0.1, -0.05) is 29.3 Å². The van der Waals surface area contributed by atoms with Gasteiger partial charge in [0.25, 0.3) is 0 Å². The predicted molar refractivity (Wildman–Crippen MR) is 95.1 cm³/mol. The number of ether oxygens (including phenoxy) is 1. The van der Waals surface area contributed by atoms with Gasteiger partial charge in [-0.05, 0) is 19.1 Å². The van der Waals surface area contributed by atoms with Crippen LogP contribution in [0.4, 0.5) is 0 Å². The average molecular weight is 395 g/mol. The number of nitrogens with two attached hydrogens (primary N) is 1. The van der Waals surface area contributed by atoms with Crippen LogP contribution in [-0.4, -0.2) is 58.2 Å². The molecule has 134 valence electrons. The molecule has 3 N–H and O–H groups in total. The van der Waals surface area contributed by atoms with Gasteiger partial charge < -0.3 is 15.4 Å². The Labute approximate surface area is 151 Å². The summed E-state index contributed by atoms with van der Waals surface area (Å²) in [6.07, 6.45) is 0.0935.